The maximum absolute atomic E-state index is 10.7. The van der Waals surface area contributed by atoms with Crippen molar-refractivity contribution in [1.82, 2.24) is 4.98 Å². The summed E-state index contributed by atoms with van der Waals surface area (Å²) in [5.74, 6) is 0.902. The predicted octanol–water partition coefficient (Wildman–Crippen LogP) is 3.80. The molecular weight excluding hydrogens is 272 g/mol. The van der Waals surface area contributed by atoms with Gasteiger partial charge in [0, 0.05) is 23.2 Å². The molecule has 6 heteroatoms. The van der Waals surface area contributed by atoms with Gasteiger partial charge in [0.2, 0.25) is 0 Å². The van der Waals surface area contributed by atoms with Crippen LogP contribution in [-0.4, -0.2) is 16.5 Å². The van der Waals surface area contributed by atoms with Crippen LogP contribution in [-0.2, 0) is 0 Å². The first-order chi connectivity index (χ1) is 10.2. The van der Waals surface area contributed by atoms with Crippen molar-refractivity contribution in [2.45, 2.75) is 6.92 Å². The van der Waals surface area contributed by atoms with E-state index in [9.17, 15) is 10.1 Å². The fourth-order valence-electron chi connectivity index (χ4n) is 2.17. The molecule has 0 spiro atoms. The lowest BCUT2D eigenvalue weighted by Crippen LogP contribution is -1.92. The van der Waals surface area contributed by atoms with Crippen LogP contribution < -0.4 is 4.74 Å². The Morgan fingerprint density at radius 1 is 1.29 bits per heavy atom. The molecule has 106 valence electrons. The summed E-state index contributed by atoms with van der Waals surface area (Å²) >= 11 is 0. The zero-order chi connectivity index (χ0) is 14.8. The number of rotatable bonds is 4. The van der Waals surface area contributed by atoms with Crippen LogP contribution in [0.1, 0.15) is 6.92 Å². The van der Waals surface area contributed by atoms with Crippen LogP contribution in [0, 0.1) is 10.1 Å². The van der Waals surface area contributed by atoms with Gasteiger partial charge in [-0.25, -0.2) is 0 Å². The molecule has 0 aliphatic rings. The number of nitro groups is 1. The first-order valence-corrected chi connectivity index (χ1v) is 6.45. The van der Waals surface area contributed by atoms with Gasteiger partial charge in [-0.3, -0.25) is 15.1 Å². The Hall–Kier alpha value is -2.89. The van der Waals surface area contributed by atoms with Gasteiger partial charge in [-0.05, 0) is 31.2 Å². The fraction of sp³-hybridized carbons (Fsp3) is 0.133. The van der Waals surface area contributed by atoms with Gasteiger partial charge < -0.3 is 9.15 Å². The summed E-state index contributed by atoms with van der Waals surface area (Å²) in [4.78, 5) is 14.4. The molecule has 0 unspecified atom stereocenters. The molecule has 3 aromatic rings. The van der Waals surface area contributed by atoms with E-state index in [1.807, 2.05) is 25.1 Å². The number of fused-ring (bicyclic) bond motifs is 1. The van der Waals surface area contributed by atoms with Gasteiger partial charge in [0.05, 0.1) is 18.2 Å². The summed E-state index contributed by atoms with van der Waals surface area (Å²) in [5, 5.41) is 11.6. The second-order valence-corrected chi connectivity index (χ2v) is 4.37. The van der Waals surface area contributed by atoms with Crippen molar-refractivity contribution >= 4 is 16.8 Å². The molecule has 3 rings (SSSR count). The normalized spacial score (nSPS) is 10.7. The molecule has 0 atom stereocenters. The third-order valence-electron chi connectivity index (χ3n) is 3.06. The van der Waals surface area contributed by atoms with Crippen molar-refractivity contribution in [3.05, 3.63) is 52.7 Å². The lowest BCUT2D eigenvalue weighted by Gasteiger charge is -2.06. The van der Waals surface area contributed by atoms with E-state index in [0.717, 1.165) is 22.2 Å². The number of ether oxygens (including phenoxy) is 1. The first-order valence-electron chi connectivity index (χ1n) is 6.45. The molecule has 0 amide bonds. The molecule has 21 heavy (non-hydrogen) atoms. The third-order valence-corrected chi connectivity index (χ3v) is 3.06. The molecule has 0 radical (unpaired) electrons. The number of benzene rings is 1. The Balaban J connectivity index is 2.11. The zero-order valence-corrected chi connectivity index (χ0v) is 11.3. The minimum atomic E-state index is -0.555. The Morgan fingerprint density at radius 3 is 2.86 bits per heavy atom. The second-order valence-electron chi connectivity index (χ2n) is 4.37. The Morgan fingerprint density at radius 2 is 2.14 bits per heavy atom. The number of pyridine rings is 1. The number of nitrogens with zero attached hydrogens (tertiary/aromatic N) is 2. The van der Waals surface area contributed by atoms with Crippen molar-refractivity contribution in [2.75, 3.05) is 6.61 Å². The van der Waals surface area contributed by atoms with E-state index in [-0.39, 0.29) is 5.88 Å². The number of furan rings is 1. The smallest absolute Gasteiger partial charge is 0.433 e. The summed E-state index contributed by atoms with van der Waals surface area (Å²) in [6.07, 6.45) is 1.64. The van der Waals surface area contributed by atoms with Gasteiger partial charge in [-0.1, -0.05) is 0 Å². The highest BCUT2D eigenvalue weighted by Crippen LogP contribution is 2.32. The molecule has 0 saturated carbocycles. The molecule has 0 aliphatic carbocycles. The van der Waals surface area contributed by atoms with Crippen LogP contribution in [0.4, 0.5) is 5.88 Å². The molecule has 2 heterocycles. The van der Waals surface area contributed by atoms with Crippen LogP contribution in [0.25, 0.3) is 22.2 Å². The monoisotopic (exact) mass is 284 g/mol. The first kappa shape index (κ1) is 13.1. The average Bonchev–Trinajstić information content (AvgIpc) is 2.96. The van der Waals surface area contributed by atoms with E-state index < -0.39 is 4.92 Å². The second kappa shape index (κ2) is 5.24. The summed E-state index contributed by atoms with van der Waals surface area (Å²) < 4.78 is 10.7. The highest BCUT2D eigenvalue weighted by Gasteiger charge is 2.15. The van der Waals surface area contributed by atoms with E-state index in [0.29, 0.717) is 12.4 Å². The molecule has 6 nitrogen and oxygen atoms in total. The zero-order valence-electron chi connectivity index (χ0n) is 11.3. The van der Waals surface area contributed by atoms with Crippen LogP contribution in [0.2, 0.25) is 0 Å². The van der Waals surface area contributed by atoms with E-state index in [2.05, 4.69) is 4.98 Å². The Kier molecular flexibility index (Phi) is 3.27. The van der Waals surface area contributed by atoms with Crippen molar-refractivity contribution in [1.29, 1.82) is 0 Å². The predicted molar refractivity (Wildman–Crippen MR) is 77.3 cm³/mol. The van der Waals surface area contributed by atoms with Gasteiger partial charge in [0.15, 0.2) is 0 Å². The van der Waals surface area contributed by atoms with Crippen molar-refractivity contribution < 1.29 is 14.1 Å². The van der Waals surface area contributed by atoms with E-state index >= 15 is 0 Å². The summed E-state index contributed by atoms with van der Waals surface area (Å²) in [7, 11) is 0. The van der Waals surface area contributed by atoms with E-state index in [4.69, 9.17) is 9.15 Å². The van der Waals surface area contributed by atoms with Crippen molar-refractivity contribution in [3.63, 3.8) is 0 Å². The molecule has 2 aromatic heterocycles. The topological polar surface area (TPSA) is 78.4 Å². The SMILES string of the molecule is CCOc1ccc2c(-c3ccc([N+](=O)[O-])o3)ccnc2c1. The maximum atomic E-state index is 10.7. The van der Waals surface area contributed by atoms with Crippen LogP contribution in [0.3, 0.4) is 0 Å². The van der Waals surface area contributed by atoms with E-state index in [1.54, 1.807) is 18.3 Å². The fourth-order valence-corrected chi connectivity index (χ4v) is 2.17. The lowest BCUT2D eigenvalue weighted by molar-refractivity contribution is -0.401. The van der Waals surface area contributed by atoms with Gasteiger partial charge in [0.25, 0.3) is 0 Å². The summed E-state index contributed by atoms with van der Waals surface area (Å²) in [6.45, 7) is 2.49. The maximum Gasteiger partial charge on any atom is 0.433 e. The molecular formula is C15H12N2O4. The number of hydrogen-bond acceptors (Lipinski definition) is 5. The van der Waals surface area contributed by atoms with Crippen LogP contribution in [0.5, 0.6) is 5.75 Å². The standard InChI is InChI=1S/C15H12N2O4/c1-2-20-10-3-4-11-12(7-8-16-13(11)9-10)14-5-6-15(21-14)17(18)19/h3-9H,2H2,1H3. The number of aromatic nitrogens is 1. The third kappa shape index (κ3) is 2.43. The average molecular weight is 284 g/mol. The molecule has 0 saturated heterocycles. The summed E-state index contributed by atoms with van der Waals surface area (Å²) in [5.41, 5.74) is 1.51. The minimum absolute atomic E-state index is 0.277. The van der Waals surface area contributed by atoms with Crippen molar-refractivity contribution in [3.8, 4) is 17.1 Å². The highest BCUT2D eigenvalue weighted by atomic mass is 16.6. The van der Waals surface area contributed by atoms with Gasteiger partial charge in [0.1, 0.15) is 16.4 Å². The van der Waals surface area contributed by atoms with E-state index in [1.165, 1.54) is 6.07 Å². The lowest BCUT2D eigenvalue weighted by atomic mass is 10.1. The van der Waals surface area contributed by atoms with Gasteiger partial charge in [-0.2, -0.15) is 0 Å². The number of hydrogen-bond donors (Lipinski definition) is 0. The van der Waals surface area contributed by atoms with Crippen LogP contribution >= 0.6 is 0 Å². The van der Waals surface area contributed by atoms with Gasteiger partial charge >= 0.3 is 5.88 Å². The van der Waals surface area contributed by atoms with Gasteiger partial charge in [-0.15, -0.1) is 0 Å². The molecule has 0 bridgehead atoms. The molecule has 0 fully saturated rings. The highest BCUT2D eigenvalue weighted by molar-refractivity contribution is 5.93. The molecule has 1 aromatic carbocycles. The van der Waals surface area contributed by atoms with Crippen LogP contribution in [0.15, 0.2) is 47.0 Å². The van der Waals surface area contributed by atoms with Crippen molar-refractivity contribution in [2.24, 2.45) is 0 Å². The summed E-state index contributed by atoms with van der Waals surface area (Å²) in [6, 6.07) is 10.2. The Labute approximate surface area is 120 Å². The minimum Gasteiger partial charge on any atom is -0.494 e. The Bertz CT molecular complexity index is 810. The molecule has 0 N–H and O–H groups in total. The quantitative estimate of drug-likeness (QED) is 0.537. The molecule has 0 aliphatic heterocycles. The largest absolute Gasteiger partial charge is 0.494 e.